The summed E-state index contributed by atoms with van der Waals surface area (Å²) in [5.41, 5.74) is 0.905. The van der Waals surface area contributed by atoms with Crippen molar-refractivity contribution in [3.05, 3.63) is 34.9 Å². The van der Waals surface area contributed by atoms with Crippen LogP contribution in [0, 0.1) is 11.8 Å². The summed E-state index contributed by atoms with van der Waals surface area (Å²) in [7, 11) is 0. The fourth-order valence-electron chi connectivity index (χ4n) is 2.76. The molecule has 5 heteroatoms. The summed E-state index contributed by atoms with van der Waals surface area (Å²) >= 11 is 5.97. The molecule has 1 fully saturated rings. The van der Waals surface area contributed by atoms with Gasteiger partial charge in [0.2, 0.25) is 0 Å². The maximum absolute atomic E-state index is 11.1. The SMILES string of the molecule is CC[C@@H](C#Cc1cccc(Cl)c1)N1CCN(C(=O)O)C[C@@H]1C. The molecular weight excluding hydrogens is 300 g/mol. The van der Waals surface area contributed by atoms with Crippen molar-refractivity contribution in [2.45, 2.75) is 32.4 Å². The highest BCUT2D eigenvalue weighted by Gasteiger charge is 2.29. The maximum Gasteiger partial charge on any atom is 0.407 e. The summed E-state index contributed by atoms with van der Waals surface area (Å²) in [6.45, 7) is 5.95. The minimum Gasteiger partial charge on any atom is -0.465 e. The van der Waals surface area contributed by atoms with Crippen LogP contribution >= 0.6 is 11.6 Å². The van der Waals surface area contributed by atoms with Crippen molar-refractivity contribution in [2.75, 3.05) is 19.6 Å². The Hall–Kier alpha value is -1.70. The van der Waals surface area contributed by atoms with E-state index in [-0.39, 0.29) is 12.1 Å². The lowest BCUT2D eigenvalue weighted by Crippen LogP contribution is -2.56. The predicted molar refractivity (Wildman–Crippen MR) is 88.2 cm³/mol. The van der Waals surface area contributed by atoms with Crippen LogP contribution in [0.25, 0.3) is 0 Å². The smallest absolute Gasteiger partial charge is 0.407 e. The van der Waals surface area contributed by atoms with E-state index in [1.54, 1.807) is 0 Å². The Kier molecular flexibility index (Phi) is 5.70. The number of carbonyl (C=O) groups is 1. The molecule has 1 aliphatic rings. The highest BCUT2D eigenvalue weighted by Crippen LogP contribution is 2.16. The van der Waals surface area contributed by atoms with E-state index in [2.05, 4.69) is 30.6 Å². The first-order chi connectivity index (χ1) is 10.5. The summed E-state index contributed by atoms with van der Waals surface area (Å²) in [4.78, 5) is 14.8. The van der Waals surface area contributed by atoms with Crippen LogP contribution in [-0.4, -0.2) is 52.7 Å². The number of piperazine rings is 1. The minimum atomic E-state index is -0.843. The fraction of sp³-hybridized carbons (Fsp3) is 0.471. The Labute approximate surface area is 136 Å². The summed E-state index contributed by atoms with van der Waals surface area (Å²) in [5.74, 6) is 6.49. The highest BCUT2D eigenvalue weighted by molar-refractivity contribution is 6.30. The van der Waals surface area contributed by atoms with Crippen molar-refractivity contribution >= 4 is 17.7 Å². The zero-order chi connectivity index (χ0) is 16.1. The fourth-order valence-corrected chi connectivity index (χ4v) is 2.95. The van der Waals surface area contributed by atoms with E-state index in [9.17, 15) is 4.79 Å². The molecule has 1 saturated heterocycles. The molecule has 0 aromatic heterocycles. The number of halogens is 1. The quantitative estimate of drug-likeness (QED) is 0.851. The second-order valence-electron chi connectivity index (χ2n) is 5.52. The van der Waals surface area contributed by atoms with Crippen LogP contribution in [0.3, 0.4) is 0 Å². The molecule has 4 nitrogen and oxygen atoms in total. The largest absolute Gasteiger partial charge is 0.465 e. The molecule has 0 saturated carbocycles. The van der Waals surface area contributed by atoms with Gasteiger partial charge in [0.05, 0.1) is 6.04 Å². The van der Waals surface area contributed by atoms with Gasteiger partial charge >= 0.3 is 6.09 Å². The molecule has 1 aliphatic heterocycles. The topological polar surface area (TPSA) is 43.8 Å². The van der Waals surface area contributed by atoms with Crippen LogP contribution in [0.15, 0.2) is 24.3 Å². The zero-order valence-electron chi connectivity index (χ0n) is 12.9. The Morgan fingerprint density at radius 1 is 1.50 bits per heavy atom. The molecule has 0 bridgehead atoms. The van der Waals surface area contributed by atoms with Gasteiger partial charge in [0.15, 0.2) is 0 Å². The lowest BCUT2D eigenvalue weighted by molar-refractivity contribution is 0.0616. The average Bonchev–Trinajstić information content (AvgIpc) is 2.49. The van der Waals surface area contributed by atoms with Gasteiger partial charge in [0.25, 0.3) is 0 Å². The summed E-state index contributed by atoms with van der Waals surface area (Å²) < 4.78 is 0. The van der Waals surface area contributed by atoms with E-state index in [0.717, 1.165) is 18.5 Å². The van der Waals surface area contributed by atoms with Gasteiger partial charge in [-0.3, -0.25) is 4.90 Å². The molecule has 1 heterocycles. The van der Waals surface area contributed by atoms with Crippen molar-refractivity contribution in [3.8, 4) is 11.8 Å². The second-order valence-corrected chi connectivity index (χ2v) is 5.96. The van der Waals surface area contributed by atoms with Crippen LogP contribution in [0.1, 0.15) is 25.8 Å². The van der Waals surface area contributed by atoms with E-state index in [4.69, 9.17) is 16.7 Å². The van der Waals surface area contributed by atoms with Gasteiger partial charge < -0.3 is 10.0 Å². The lowest BCUT2D eigenvalue weighted by atomic mass is 10.1. The molecular formula is C17H21ClN2O2. The van der Waals surface area contributed by atoms with Crippen LogP contribution in [0.2, 0.25) is 5.02 Å². The number of nitrogens with zero attached hydrogens (tertiary/aromatic N) is 2. The molecule has 1 N–H and O–H groups in total. The molecule has 22 heavy (non-hydrogen) atoms. The first kappa shape index (κ1) is 16.7. The first-order valence-electron chi connectivity index (χ1n) is 7.52. The molecule has 0 spiro atoms. The van der Waals surface area contributed by atoms with Gasteiger partial charge in [-0.2, -0.15) is 0 Å². The van der Waals surface area contributed by atoms with E-state index in [0.29, 0.717) is 18.1 Å². The van der Waals surface area contributed by atoms with Crippen molar-refractivity contribution < 1.29 is 9.90 Å². The summed E-state index contributed by atoms with van der Waals surface area (Å²) in [6.07, 6.45) is 0.0647. The van der Waals surface area contributed by atoms with Crippen molar-refractivity contribution in [2.24, 2.45) is 0 Å². The van der Waals surface area contributed by atoms with E-state index >= 15 is 0 Å². The van der Waals surface area contributed by atoms with Crippen LogP contribution in [-0.2, 0) is 0 Å². The average molecular weight is 321 g/mol. The van der Waals surface area contributed by atoms with Crippen molar-refractivity contribution in [1.82, 2.24) is 9.80 Å². The molecule has 2 atom stereocenters. The molecule has 0 radical (unpaired) electrons. The number of amides is 1. The third-order valence-electron chi connectivity index (χ3n) is 3.94. The van der Waals surface area contributed by atoms with Gasteiger partial charge in [0.1, 0.15) is 0 Å². The van der Waals surface area contributed by atoms with Crippen LogP contribution in [0.4, 0.5) is 4.79 Å². The molecule has 0 unspecified atom stereocenters. The molecule has 1 aromatic rings. The van der Waals surface area contributed by atoms with E-state index in [1.165, 1.54) is 4.90 Å². The standard InChI is InChI=1S/C17H21ClN2O2/c1-3-16(8-7-14-5-4-6-15(18)11-14)20-10-9-19(17(21)22)12-13(20)2/h4-6,11,13,16H,3,9-10,12H2,1-2H3,(H,21,22)/t13-,16-/m0/s1. The molecule has 1 aromatic carbocycles. The molecule has 0 aliphatic carbocycles. The first-order valence-corrected chi connectivity index (χ1v) is 7.89. The van der Waals surface area contributed by atoms with E-state index < -0.39 is 6.09 Å². The monoisotopic (exact) mass is 320 g/mol. The van der Waals surface area contributed by atoms with E-state index in [1.807, 2.05) is 24.3 Å². The van der Waals surface area contributed by atoms with Gasteiger partial charge in [0, 0.05) is 36.3 Å². The second kappa shape index (κ2) is 7.53. The third-order valence-corrected chi connectivity index (χ3v) is 4.18. The molecule has 1 amide bonds. The normalized spacial score (nSPS) is 20.1. The summed E-state index contributed by atoms with van der Waals surface area (Å²) in [5, 5.41) is 9.77. The maximum atomic E-state index is 11.1. The highest BCUT2D eigenvalue weighted by atomic mass is 35.5. The number of benzene rings is 1. The molecule has 2 rings (SSSR count). The van der Waals surface area contributed by atoms with Crippen LogP contribution < -0.4 is 0 Å². The predicted octanol–water partition coefficient (Wildman–Crippen LogP) is 3.15. The Balaban J connectivity index is 2.08. The third kappa shape index (κ3) is 4.16. The number of rotatable bonds is 2. The zero-order valence-corrected chi connectivity index (χ0v) is 13.7. The van der Waals surface area contributed by atoms with Crippen LogP contribution in [0.5, 0.6) is 0 Å². The molecule has 118 valence electrons. The Morgan fingerprint density at radius 3 is 2.86 bits per heavy atom. The van der Waals surface area contributed by atoms with Gasteiger partial charge in [-0.15, -0.1) is 0 Å². The van der Waals surface area contributed by atoms with Gasteiger partial charge in [-0.1, -0.05) is 36.4 Å². The Bertz CT molecular complexity index is 594. The van der Waals surface area contributed by atoms with Crippen molar-refractivity contribution in [1.29, 1.82) is 0 Å². The Morgan fingerprint density at radius 2 is 2.27 bits per heavy atom. The number of hydrogen-bond acceptors (Lipinski definition) is 2. The number of carboxylic acid groups (broad SMARTS) is 1. The van der Waals surface area contributed by atoms with Gasteiger partial charge in [-0.25, -0.2) is 4.79 Å². The summed E-state index contributed by atoms with van der Waals surface area (Å²) in [6, 6.07) is 7.82. The lowest BCUT2D eigenvalue weighted by Gasteiger charge is -2.41. The van der Waals surface area contributed by atoms with Gasteiger partial charge in [-0.05, 0) is 31.5 Å². The van der Waals surface area contributed by atoms with Crippen molar-refractivity contribution in [3.63, 3.8) is 0 Å². The minimum absolute atomic E-state index is 0.130. The number of hydrogen-bond donors (Lipinski definition) is 1.